The van der Waals surface area contributed by atoms with Crippen LogP contribution in [-0.2, 0) is 0 Å². The van der Waals surface area contributed by atoms with E-state index < -0.39 is 17.8 Å². The van der Waals surface area contributed by atoms with Gasteiger partial charge in [-0.15, -0.1) is 11.1 Å². The Labute approximate surface area is 252 Å². The summed E-state index contributed by atoms with van der Waals surface area (Å²) in [5.74, 6) is 0. The van der Waals surface area contributed by atoms with Crippen molar-refractivity contribution >= 4 is 45.3 Å². The van der Waals surface area contributed by atoms with Gasteiger partial charge in [-0.1, -0.05) is 44.5 Å². The topological polar surface area (TPSA) is 115 Å². The summed E-state index contributed by atoms with van der Waals surface area (Å²) in [6, 6.07) is 10.9. The highest BCUT2D eigenvalue weighted by atomic mass is 35.5. The van der Waals surface area contributed by atoms with Crippen molar-refractivity contribution in [3.63, 3.8) is 0 Å². The predicted octanol–water partition coefficient (Wildman–Crippen LogP) is 5.91. The summed E-state index contributed by atoms with van der Waals surface area (Å²) >= 11 is 6.75. The van der Waals surface area contributed by atoms with E-state index in [1.807, 2.05) is 36.3 Å². The number of aromatic nitrogens is 1. The number of nitrogens with zero attached hydrogens (tertiary/aromatic N) is 4. The number of para-hydroxylation sites is 1. The molecule has 1 saturated carbocycles. The molecule has 0 radical (unpaired) electrons. The molecule has 0 unspecified atom stereocenters. The number of benzene rings is 2. The maximum absolute atomic E-state index is 14.0. The molecule has 1 fully saturated rings. The lowest BCUT2D eigenvalue weighted by atomic mass is 9.96. The normalized spacial score (nSPS) is 18.0. The molecule has 14 heteroatoms. The van der Waals surface area contributed by atoms with Crippen LogP contribution in [0.15, 0.2) is 48.4 Å². The Hall–Kier alpha value is -4.12. The highest BCUT2D eigenvalue weighted by Gasteiger charge is 2.67. The number of nitrogens with one attached hydrogen (secondary N) is 6. The number of pyridine rings is 1. The standard InChI is InChI=1S/C29H32ClF3N10/c1-27(2,3)15-36-23-16(12-34)13-35-24-19(23)10-17(11-20(24)30)37-25(18-6-5-7-21-26(18)42(4)40-38-21)22-14-43(41-39-22)28(8-9-28)29(31,32)33/h5-7,10-11,13-14,25,37-41H,8-9,15H2,1-4H3,(H,35,36)/t25-/m0/s1. The number of hydrazine groups is 4. The van der Waals surface area contributed by atoms with Gasteiger partial charge < -0.3 is 21.5 Å². The molecule has 226 valence electrons. The smallest absolute Gasteiger partial charge is 0.383 e. The van der Waals surface area contributed by atoms with Crippen LogP contribution in [0.1, 0.15) is 50.8 Å². The number of fused-ring (bicyclic) bond motifs is 2. The summed E-state index contributed by atoms with van der Waals surface area (Å²) in [5.41, 5.74) is 14.9. The number of halogens is 4. The average Bonchev–Trinajstić information content (AvgIpc) is 3.49. The van der Waals surface area contributed by atoms with Crippen molar-refractivity contribution in [1.82, 2.24) is 26.5 Å². The van der Waals surface area contributed by atoms with Crippen molar-refractivity contribution < 1.29 is 13.2 Å². The zero-order chi connectivity index (χ0) is 30.7. The fourth-order valence-electron chi connectivity index (χ4n) is 5.42. The molecular weight excluding hydrogens is 581 g/mol. The molecule has 0 saturated heterocycles. The molecule has 1 aromatic heterocycles. The predicted molar refractivity (Wildman–Crippen MR) is 162 cm³/mol. The summed E-state index contributed by atoms with van der Waals surface area (Å²) in [4.78, 5) is 4.44. The molecule has 0 amide bonds. The fourth-order valence-corrected chi connectivity index (χ4v) is 5.68. The highest BCUT2D eigenvalue weighted by molar-refractivity contribution is 6.35. The Bertz CT molecular complexity index is 1660. The van der Waals surface area contributed by atoms with Crippen molar-refractivity contribution in [2.45, 2.75) is 51.4 Å². The van der Waals surface area contributed by atoms with E-state index in [9.17, 15) is 18.4 Å². The zero-order valence-corrected chi connectivity index (χ0v) is 24.8. The van der Waals surface area contributed by atoms with Crippen LogP contribution in [0, 0.1) is 16.7 Å². The van der Waals surface area contributed by atoms with Crippen LogP contribution in [0.2, 0.25) is 5.02 Å². The van der Waals surface area contributed by atoms with Crippen molar-refractivity contribution in [3.05, 3.63) is 64.6 Å². The monoisotopic (exact) mass is 612 g/mol. The van der Waals surface area contributed by atoms with Gasteiger partial charge in [0.2, 0.25) is 0 Å². The third-order valence-electron chi connectivity index (χ3n) is 7.84. The molecule has 2 aromatic carbocycles. The first-order valence-corrected chi connectivity index (χ1v) is 14.2. The van der Waals surface area contributed by atoms with E-state index in [0.717, 1.165) is 21.9 Å². The van der Waals surface area contributed by atoms with Crippen LogP contribution < -0.4 is 37.6 Å². The summed E-state index contributed by atoms with van der Waals surface area (Å²) in [7, 11) is 1.85. The first-order valence-electron chi connectivity index (χ1n) is 13.8. The molecule has 6 N–H and O–H groups in total. The number of hydrogen-bond donors (Lipinski definition) is 6. The van der Waals surface area contributed by atoms with Gasteiger partial charge in [0.15, 0.2) is 5.54 Å². The quantitative estimate of drug-likeness (QED) is 0.192. The molecule has 10 nitrogen and oxygen atoms in total. The van der Waals surface area contributed by atoms with E-state index in [2.05, 4.69) is 64.4 Å². The van der Waals surface area contributed by atoms with Gasteiger partial charge in [0, 0.05) is 42.6 Å². The second-order valence-electron chi connectivity index (χ2n) is 12.3. The minimum Gasteiger partial charge on any atom is -0.383 e. The van der Waals surface area contributed by atoms with Crippen LogP contribution in [0.4, 0.5) is 35.9 Å². The van der Waals surface area contributed by atoms with Crippen LogP contribution in [0.25, 0.3) is 10.9 Å². The lowest BCUT2D eigenvalue weighted by molar-refractivity contribution is -0.195. The first kappa shape index (κ1) is 29.0. The van der Waals surface area contributed by atoms with E-state index in [0.29, 0.717) is 45.1 Å². The number of alkyl halides is 3. The van der Waals surface area contributed by atoms with Gasteiger partial charge in [0.05, 0.1) is 44.9 Å². The molecule has 3 heterocycles. The van der Waals surface area contributed by atoms with E-state index in [-0.39, 0.29) is 18.3 Å². The van der Waals surface area contributed by atoms with Gasteiger partial charge >= 0.3 is 6.18 Å². The van der Waals surface area contributed by atoms with Crippen LogP contribution in [0.3, 0.4) is 0 Å². The van der Waals surface area contributed by atoms with Crippen molar-refractivity contribution in [3.8, 4) is 6.07 Å². The largest absolute Gasteiger partial charge is 0.413 e. The Morgan fingerprint density at radius 1 is 1.16 bits per heavy atom. The van der Waals surface area contributed by atoms with E-state index in [1.54, 1.807) is 6.07 Å². The molecule has 1 atom stereocenters. The van der Waals surface area contributed by atoms with Crippen LogP contribution in [-0.4, -0.2) is 35.3 Å². The molecule has 0 bridgehead atoms. The molecule has 3 aliphatic rings. The van der Waals surface area contributed by atoms with Crippen molar-refractivity contribution in [2.24, 2.45) is 5.41 Å². The fraction of sp³-hybridized carbons (Fsp3) is 0.379. The third kappa shape index (κ3) is 5.20. The van der Waals surface area contributed by atoms with Gasteiger partial charge in [0.25, 0.3) is 0 Å². The van der Waals surface area contributed by atoms with E-state index in [1.165, 1.54) is 12.4 Å². The number of anilines is 4. The van der Waals surface area contributed by atoms with Crippen molar-refractivity contribution in [1.29, 1.82) is 5.26 Å². The van der Waals surface area contributed by atoms with Gasteiger partial charge in [0.1, 0.15) is 6.07 Å². The molecule has 3 aromatic rings. The van der Waals surface area contributed by atoms with Crippen LogP contribution in [0.5, 0.6) is 0 Å². The summed E-state index contributed by atoms with van der Waals surface area (Å²) in [5, 5.41) is 20.7. The van der Waals surface area contributed by atoms with Crippen molar-refractivity contribution in [2.75, 3.05) is 34.7 Å². The van der Waals surface area contributed by atoms with Crippen LogP contribution >= 0.6 is 11.6 Å². The van der Waals surface area contributed by atoms with Gasteiger partial charge in [-0.2, -0.15) is 18.4 Å². The van der Waals surface area contributed by atoms with E-state index in [4.69, 9.17) is 11.6 Å². The molecule has 43 heavy (non-hydrogen) atoms. The summed E-state index contributed by atoms with van der Waals surface area (Å²) in [6.07, 6.45) is -1.42. The Morgan fingerprint density at radius 3 is 2.60 bits per heavy atom. The van der Waals surface area contributed by atoms with Gasteiger partial charge in [-0.25, -0.2) is 0 Å². The van der Waals surface area contributed by atoms with E-state index >= 15 is 0 Å². The third-order valence-corrected chi connectivity index (χ3v) is 8.12. The second kappa shape index (κ2) is 10.3. The molecule has 2 aliphatic heterocycles. The molecule has 6 rings (SSSR count). The molecular formula is C29H32ClF3N10. The SMILES string of the molecule is CN1NNc2cccc([C@H](Nc3cc(Cl)c4ncc(C#N)c(NCC(C)(C)C)c4c3)C3=CN(C4(C(F)(F)F)CC4)NN3)c21. The summed E-state index contributed by atoms with van der Waals surface area (Å²) < 4.78 is 41.9. The lowest BCUT2D eigenvalue weighted by Gasteiger charge is -2.28. The maximum Gasteiger partial charge on any atom is 0.413 e. The first-order chi connectivity index (χ1) is 20.3. The second-order valence-corrected chi connectivity index (χ2v) is 12.7. The summed E-state index contributed by atoms with van der Waals surface area (Å²) in [6.45, 7) is 6.86. The highest BCUT2D eigenvalue weighted by Crippen LogP contribution is 2.54. The zero-order valence-electron chi connectivity index (χ0n) is 24.0. The lowest BCUT2D eigenvalue weighted by Crippen LogP contribution is -2.52. The average molecular weight is 613 g/mol. The number of hydrogen-bond acceptors (Lipinski definition) is 10. The van der Waals surface area contributed by atoms with Gasteiger partial charge in [-0.05, 0) is 36.5 Å². The minimum absolute atomic E-state index is 0.00319. The minimum atomic E-state index is -4.40. The number of rotatable bonds is 7. The van der Waals surface area contributed by atoms with Gasteiger partial charge in [-0.3, -0.25) is 15.0 Å². The Kier molecular flexibility index (Phi) is 6.91. The molecule has 0 spiro atoms. The molecule has 1 aliphatic carbocycles. The number of nitriles is 1. The maximum atomic E-state index is 14.0. The Balaban J connectivity index is 1.45. The Morgan fingerprint density at radius 2 is 1.93 bits per heavy atom.